The first-order valence-corrected chi connectivity index (χ1v) is 21.5. The number of allylic oxidation sites excluding steroid dienone is 2. The summed E-state index contributed by atoms with van der Waals surface area (Å²) in [5, 5.41) is -0.120. The van der Waals surface area contributed by atoms with E-state index in [0.29, 0.717) is 0 Å². The van der Waals surface area contributed by atoms with E-state index in [9.17, 15) is 9.59 Å². The third kappa shape index (κ3) is 13.0. The van der Waals surface area contributed by atoms with Gasteiger partial charge in [-0.1, -0.05) is 101 Å². The molecule has 0 heterocycles. The summed E-state index contributed by atoms with van der Waals surface area (Å²) in [7, 11) is -4.36. The molecule has 0 aromatic heterocycles. The van der Waals surface area contributed by atoms with Crippen molar-refractivity contribution in [3.63, 3.8) is 0 Å². The lowest BCUT2D eigenvalue weighted by Crippen LogP contribution is -2.54. The second kappa shape index (κ2) is 17.0. The summed E-state index contributed by atoms with van der Waals surface area (Å²) < 4.78 is 28.4. The molecule has 2 unspecified atom stereocenters. The molecule has 0 N–H and O–H groups in total. The lowest BCUT2D eigenvalue weighted by Gasteiger charge is -2.49. The van der Waals surface area contributed by atoms with E-state index in [-0.39, 0.29) is 23.3 Å². The maximum Gasteiger partial charge on any atom is 0.509 e. The van der Waals surface area contributed by atoms with E-state index in [2.05, 4.69) is 66.0 Å². The Morgan fingerprint density at radius 3 is 1.31 bits per heavy atom. The van der Waals surface area contributed by atoms with Gasteiger partial charge in [-0.3, -0.25) is 0 Å². The molecule has 0 saturated heterocycles. The van der Waals surface area contributed by atoms with E-state index in [0.717, 1.165) is 24.0 Å². The summed E-state index contributed by atoms with van der Waals surface area (Å²) in [6, 6.07) is 19.1. The van der Waals surface area contributed by atoms with Crippen molar-refractivity contribution >= 4 is 28.9 Å². The van der Waals surface area contributed by atoms with Gasteiger partial charge in [0.15, 0.2) is 16.6 Å². The minimum atomic E-state index is -2.18. The van der Waals surface area contributed by atoms with Gasteiger partial charge in [0.1, 0.15) is 25.4 Å². The highest BCUT2D eigenvalue weighted by Gasteiger charge is 2.49. The van der Waals surface area contributed by atoms with E-state index in [1.165, 1.54) is 0 Å². The van der Waals surface area contributed by atoms with Crippen molar-refractivity contribution < 1.29 is 32.7 Å². The maximum absolute atomic E-state index is 12.1. The molecule has 2 atom stereocenters. The van der Waals surface area contributed by atoms with Crippen LogP contribution in [0.4, 0.5) is 9.59 Å². The second-order valence-corrected chi connectivity index (χ2v) is 23.4. The van der Waals surface area contributed by atoms with Crippen LogP contribution in [0, 0.1) is 0 Å². The lowest BCUT2D eigenvalue weighted by atomic mass is 10.1. The molecular formula is C36H54O7Si2. The van der Waals surface area contributed by atoms with Gasteiger partial charge in [-0.25, -0.2) is 9.59 Å². The fourth-order valence-corrected chi connectivity index (χ4v) is 12.9. The first-order valence-electron chi connectivity index (χ1n) is 15.7. The summed E-state index contributed by atoms with van der Waals surface area (Å²) >= 11 is 0. The Balaban J connectivity index is 1.84. The van der Waals surface area contributed by atoms with Crippen LogP contribution >= 0.6 is 0 Å². The standard InChI is InChI=1S/C36H54O7Si2/c1-29(41-33(37)39-27-31-21-13-11-14-22-31)19-17-25-35(3,4)44(7,8)43-45(9,10)36(5,6)26-18-20-30(2)42-34(38)40-28-32-23-15-12-16-24-32/h11-24,29-30H,25-28H2,1-10H3. The van der Waals surface area contributed by atoms with Gasteiger partial charge in [-0.15, -0.1) is 0 Å². The fourth-order valence-electron chi connectivity index (χ4n) is 4.40. The van der Waals surface area contributed by atoms with Gasteiger partial charge in [-0.05, 0) is 86.2 Å². The topological polar surface area (TPSA) is 80.3 Å². The molecule has 0 fully saturated rings. The van der Waals surface area contributed by atoms with E-state index in [1.807, 2.05) is 86.7 Å². The number of ether oxygens (including phenoxy) is 4. The Morgan fingerprint density at radius 1 is 0.644 bits per heavy atom. The van der Waals surface area contributed by atoms with Gasteiger partial charge in [0.2, 0.25) is 0 Å². The third-order valence-electron chi connectivity index (χ3n) is 8.80. The van der Waals surface area contributed by atoms with Crippen molar-refractivity contribution in [1.29, 1.82) is 0 Å². The van der Waals surface area contributed by atoms with E-state index in [1.54, 1.807) is 0 Å². The van der Waals surface area contributed by atoms with Crippen molar-refractivity contribution in [2.45, 2.75) is 116 Å². The molecule has 0 aliphatic carbocycles. The van der Waals surface area contributed by atoms with Crippen molar-refractivity contribution in [3.05, 3.63) is 96.1 Å². The van der Waals surface area contributed by atoms with Crippen LogP contribution in [0.1, 0.15) is 65.5 Å². The zero-order valence-corrected chi connectivity index (χ0v) is 30.9. The SMILES string of the molecule is CC(C=CCC(C)(C)[Si](C)(C)O[Si](C)(C)C(C)(C)CC=CC(C)OC(=O)OCc1ccccc1)OC(=O)OCc1ccccc1. The number of hydrogen-bond acceptors (Lipinski definition) is 7. The molecule has 2 aromatic carbocycles. The Bertz CT molecular complexity index is 1160. The van der Waals surface area contributed by atoms with Crippen LogP contribution in [0.2, 0.25) is 36.3 Å². The predicted molar refractivity (Wildman–Crippen MR) is 186 cm³/mol. The van der Waals surface area contributed by atoms with Gasteiger partial charge in [0, 0.05) is 0 Å². The molecule has 0 saturated carbocycles. The van der Waals surface area contributed by atoms with Gasteiger partial charge in [-0.2, -0.15) is 0 Å². The Labute approximate surface area is 273 Å². The minimum Gasteiger partial charge on any atom is -0.455 e. The summed E-state index contributed by atoms with van der Waals surface area (Å²) in [6.45, 7) is 22.2. The van der Waals surface area contributed by atoms with Gasteiger partial charge in [0.05, 0.1) is 0 Å². The van der Waals surface area contributed by atoms with Gasteiger partial charge < -0.3 is 23.1 Å². The molecule has 0 radical (unpaired) electrons. The third-order valence-corrected chi connectivity index (χ3v) is 19.8. The van der Waals surface area contributed by atoms with Crippen LogP contribution in [0.3, 0.4) is 0 Å². The number of rotatable bonds is 16. The van der Waals surface area contributed by atoms with Crippen LogP contribution in [0.5, 0.6) is 0 Å². The number of carbonyl (C=O) groups excluding carboxylic acids is 2. The number of carbonyl (C=O) groups is 2. The maximum atomic E-state index is 12.1. The highest BCUT2D eigenvalue weighted by Crippen LogP contribution is 2.48. The largest absolute Gasteiger partial charge is 0.509 e. The summed E-state index contributed by atoms with van der Waals surface area (Å²) in [4.78, 5) is 24.2. The van der Waals surface area contributed by atoms with Crippen molar-refractivity contribution in [3.8, 4) is 0 Å². The smallest absolute Gasteiger partial charge is 0.455 e. The van der Waals surface area contributed by atoms with Crippen LogP contribution in [0.25, 0.3) is 0 Å². The van der Waals surface area contributed by atoms with Gasteiger partial charge in [0.25, 0.3) is 0 Å². The highest BCUT2D eigenvalue weighted by molar-refractivity contribution is 6.87. The molecular weight excluding hydrogens is 601 g/mol. The molecule has 0 amide bonds. The van der Waals surface area contributed by atoms with Crippen LogP contribution in [-0.4, -0.2) is 41.2 Å². The van der Waals surface area contributed by atoms with Crippen LogP contribution in [0.15, 0.2) is 85.0 Å². The Morgan fingerprint density at radius 2 is 0.978 bits per heavy atom. The van der Waals surface area contributed by atoms with Crippen LogP contribution < -0.4 is 0 Å². The molecule has 9 heteroatoms. The fraction of sp³-hybridized carbons (Fsp3) is 0.500. The molecule has 45 heavy (non-hydrogen) atoms. The highest BCUT2D eigenvalue weighted by atomic mass is 28.4. The van der Waals surface area contributed by atoms with E-state index < -0.39 is 41.2 Å². The summed E-state index contributed by atoms with van der Waals surface area (Å²) in [5.41, 5.74) is 1.83. The molecule has 0 bridgehead atoms. The quantitative estimate of drug-likeness (QED) is 0.101. The summed E-state index contributed by atoms with van der Waals surface area (Å²) in [6.07, 6.45) is 7.44. The number of hydrogen-bond donors (Lipinski definition) is 0. The molecule has 0 aliphatic rings. The average molecular weight is 655 g/mol. The minimum absolute atomic E-state index is 0.0598. The van der Waals surface area contributed by atoms with Gasteiger partial charge >= 0.3 is 12.3 Å². The zero-order valence-electron chi connectivity index (χ0n) is 28.9. The first-order chi connectivity index (χ1) is 20.9. The zero-order chi connectivity index (χ0) is 33.7. The molecule has 7 nitrogen and oxygen atoms in total. The molecule has 2 aromatic rings. The summed E-state index contributed by atoms with van der Waals surface area (Å²) in [5.74, 6) is 0. The monoisotopic (exact) mass is 654 g/mol. The average Bonchev–Trinajstić information content (AvgIpc) is 2.95. The van der Waals surface area contributed by atoms with E-state index >= 15 is 0 Å². The van der Waals surface area contributed by atoms with Crippen molar-refractivity contribution in [2.75, 3.05) is 0 Å². The van der Waals surface area contributed by atoms with Crippen LogP contribution in [-0.2, 0) is 36.3 Å². The first kappa shape index (κ1) is 38.0. The van der Waals surface area contributed by atoms with Crippen molar-refractivity contribution in [1.82, 2.24) is 0 Å². The number of benzene rings is 2. The molecule has 2 rings (SSSR count). The molecule has 248 valence electrons. The Hall–Kier alpha value is -3.15. The molecule has 0 aliphatic heterocycles. The van der Waals surface area contributed by atoms with E-state index in [4.69, 9.17) is 23.1 Å². The Kier molecular flexibility index (Phi) is 14.3. The molecule has 0 spiro atoms. The predicted octanol–water partition coefficient (Wildman–Crippen LogP) is 10.3. The normalized spacial score (nSPS) is 14.3. The lowest BCUT2D eigenvalue weighted by molar-refractivity contribution is 0.0359. The second-order valence-electron chi connectivity index (χ2n) is 13.8. The van der Waals surface area contributed by atoms with Crippen molar-refractivity contribution in [2.24, 2.45) is 0 Å².